The lowest BCUT2D eigenvalue weighted by Gasteiger charge is -2.15. The van der Waals surface area contributed by atoms with Crippen molar-refractivity contribution in [1.29, 1.82) is 0 Å². The molecule has 3 rings (SSSR count). The van der Waals surface area contributed by atoms with Gasteiger partial charge in [-0.25, -0.2) is 4.98 Å². The van der Waals surface area contributed by atoms with E-state index in [-0.39, 0.29) is 12.0 Å². The number of hydrogen-bond acceptors (Lipinski definition) is 5. The Morgan fingerprint density at radius 3 is 2.39 bits per heavy atom. The van der Waals surface area contributed by atoms with Crippen LogP contribution in [0.1, 0.15) is 24.2 Å². The summed E-state index contributed by atoms with van der Waals surface area (Å²) in [5.41, 5.74) is 1.97. The van der Waals surface area contributed by atoms with Gasteiger partial charge in [0, 0.05) is 11.9 Å². The second kappa shape index (κ2) is 8.90. The molecule has 2 N–H and O–H groups in total. The number of aromatic nitrogens is 1. The van der Waals surface area contributed by atoms with E-state index >= 15 is 0 Å². The molecular formula is C22H23N3O3. The summed E-state index contributed by atoms with van der Waals surface area (Å²) in [6, 6.07) is 18.3. The van der Waals surface area contributed by atoms with Gasteiger partial charge in [-0.2, -0.15) is 0 Å². The van der Waals surface area contributed by atoms with Crippen LogP contribution in [0.5, 0.6) is 11.5 Å². The molecule has 1 aromatic heterocycles. The number of carbonyl (C=O) groups is 1. The maximum Gasteiger partial charge on any atom is 0.257 e. The predicted octanol–water partition coefficient (Wildman–Crippen LogP) is 4.87. The van der Waals surface area contributed by atoms with Gasteiger partial charge in [-0.3, -0.25) is 4.79 Å². The zero-order valence-electron chi connectivity index (χ0n) is 16.1. The molecule has 6 heteroatoms. The van der Waals surface area contributed by atoms with E-state index in [2.05, 4.69) is 15.6 Å². The molecule has 1 amide bonds. The van der Waals surface area contributed by atoms with Crippen LogP contribution in [0.25, 0.3) is 0 Å². The number of hydrogen-bond donors (Lipinski definition) is 2. The number of methoxy groups -OCH3 is 1. The fraction of sp³-hybridized carbons (Fsp3) is 0.182. The maximum absolute atomic E-state index is 12.4. The number of pyridine rings is 1. The molecule has 0 radical (unpaired) electrons. The third kappa shape index (κ3) is 5.01. The smallest absolute Gasteiger partial charge is 0.257 e. The molecule has 0 aliphatic rings. The molecule has 0 aliphatic heterocycles. The van der Waals surface area contributed by atoms with Crippen molar-refractivity contribution in [2.24, 2.45) is 0 Å². The Morgan fingerprint density at radius 2 is 1.75 bits per heavy atom. The van der Waals surface area contributed by atoms with E-state index in [1.54, 1.807) is 43.5 Å². The number of amides is 1. The summed E-state index contributed by atoms with van der Waals surface area (Å²) in [4.78, 5) is 16.7. The number of carbonyl (C=O) groups excluding carboxylic acids is 1. The van der Waals surface area contributed by atoms with Crippen LogP contribution in [-0.4, -0.2) is 24.1 Å². The molecule has 0 unspecified atom stereocenters. The summed E-state index contributed by atoms with van der Waals surface area (Å²) >= 11 is 0. The van der Waals surface area contributed by atoms with Crippen molar-refractivity contribution in [2.75, 3.05) is 17.7 Å². The highest BCUT2D eigenvalue weighted by molar-refractivity contribution is 6.04. The van der Waals surface area contributed by atoms with E-state index in [9.17, 15) is 4.79 Å². The Morgan fingerprint density at radius 1 is 1.00 bits per heavy atom. The number of rotatable bonds is 7. The molecule has 28 heavy (non-hydrogen) atoms. The van der Waals surface area contributed by atoms with Crippen molar-refractivity contribution in [2.45, 2.75) is 20.0 Å². The minimum Gasteiger partial charge on any atom is -0.497 e. The van der Waals surface area contributed by atoms with Crippen LogP contribution in [0.15, 0.2) is 66.9 Å². The minimum atomic E-state index is -0.229. The minimum absolute atomic E-state index is 0.0694. The van der Waals surface area contributed by atoms with Crippen molar-refractivity contribution in [3.8, 4) is 11.5 Å². The average Bonchev–Trinajstić information content (AvgIpc) is 2.70. The fourth-order valence-corrected chi connectivity index (χ4v) is 2.54. The van der Waals surface area contributed by atoms with Crippen LogP contribution in [0.4, 0.5) is 17.2 Å². The molecule has 2 aromatic carbocycles. The lowest BCUT2D eigenvalue weighted by atomic mass is 10.2. The molecule has 3 aromatic rings. The fourth-order valence-electron chi connectivity index (χ4n) is 2.54. The summed E-state index contributed by atoms with van der Waals surface area (Å²) in [6.07, 6.45) is 1.60. The summed E-state index contributed by atoms with van der Waals surface area (Å²) in [5, 5.41) is 6.06. The van der Waals surface area contributed by atoms with Crippen LogP contribution < -0.4 is 20.1 Å². The number of nitrogens with zero attached hydrogens (tertiary/aromatic N) is 1. The summed E-state index contributed by atoms with van der Waals surface area (Å²) in [7, 11) is 1.60. The highest BCUT2D eigenvalue weighted by atomic mass is 16.5. The molecule has 0 saturated carbocycles. The van der Waals surface area contributed by atoms with Gasteiger partial charge in [-0.15, -0.1) is 0 Å². The van der Waals surface area contributed by atoms with Crippen molar-refractivity contribution < 1.29 is 14.3 Å². The highest BCUT2D eigenvalue weighted by Gasteiger charge is 2.09. The molecule has 0 saturated heterocycles. The summed E-state index contributed by atoms with van der Waals surface area (Å²) in [6.45, 7) is 3.95. The topological polar surface area (TPSA) is 72.5 Å². The van der Waals surface area contributed by atoms with Gasteiger partial charge in [0.15, 0.2) is 0 Å². The first-order chi connectivity index (χ1) is 13.5. The van der Waals surface area contributed by atoms with Crippen LogP contribution >= 0.6 is 0 Å². The van der Waals surface area contributed by atoms with Gasteiger partial charge in [0.1, 0.15) is 17.3 Å². The lowest BCUT2D eigenvalue weighted by molar-refractivity contribution is 0.102. The maximum atomic E-state index is 12.4. The lowest BCUT2D eigenvalue weighted by Crippen LogP contribution is -2.12. The zero-order valence-corrected chi connectivity index (χ0v) is 16.1. The average molecular weight is 377 g/mol. The molecule has 144 valence electrons. The van der Waals surface area contributed by atoms with Gasteiger partial charge in [-0.05, 0) is 62.4 Å². The van der Waals surface area contributed by atoms with Gasteiger partial charge < -0.3 is 20.1 Å². The largest absolute Gasteiger partial charge is 0.497 e. The third-order valence-corrected chi connectivity index (χ3v) is 3.89. The summed E-state index contributed by atoms with van der Waals surface area (Å²) in [5.74, 6) is 1.88. The van der Waals surface area contributed by atoms with Gasteiger partial charge in [0.25, 0.3) is 5.91 Å². The van der Waals surface area contributed by atoms with Crippen molar-refractivity contribution in [1.82, 2.24) is 4.98 Å². The molecule has 0 spiro atoms. The van der Waals surface area contributed by atoms with Gasteiger partial charge in [0.05, 0.1) is 24.5 Å². The molecular weight excluding hydrogens is 354 g/mol. The van der Waals surface area contributed by atoms with Gasteiger partial charge in [0.2, 0.25) is 0 Å². The Kier molecular flexibility index (Phi) is 6.11. The number of benzene rings is 2. The van der Waals surface area contributed by atoms with Gasteiger partial charge >= 0.3 is 0 Å². The second-order valence-electron chi connectivity index (χ2n) is 6.40. The first kappa shape index (κ1) is 19.2. The SMILES string of the molecule is COc1ccc(NC(=O)c2ccc(Nc3ccccc3OC(C)C)nc2)cc1. The van der Waals surface area contributed by atoms with E-state index < -0.39 is 0 Å². The molecule has 0 aliphatic carbocycles. The second-order valence-corrected chi connectivity index (χ2v) is 6.40. The Hall–Kier alpha value is -3.54. The molecule has 0 fully saturated rings. The number of nitrogens with one attached hydrogen (secondary N) is 2. The quantitative estimate of drug-likeness (QED) is 0.614. The van der Waals surface area contributed by atoms with E-state index in [1.165, 1.54) is 6.20 Å². The number of para-hydroxylation sites is 2. The van der Waals surface area contributed by atoms with Crippen molar-refractivity contribution in [3.63, 3.8) is 0 Å². The van der Waals surface area contributed by atoms with Crippen LogP contribution in [0.2, 0.25) is 0 Å². The number of anilines is 3. The van der Waals surface area contributed by atoms with Crippen LogP contribution in [-0.2, 0) is 0 Å². The monoisotopic (exact) mass is 377 g/mol. The molecule has 0 atom stereocenters. The standard InChI is InChI=1S/C22H23N3O3/c1-15(2)28-20-7-5-4-6-19(20)25-21-13-8-16(14-23-21)22(26)24-17-9-11-18(27-3)12-10-17/h4-15H,1-3H3,(H,23,25)(H,24,26). The van der Waals surface area contributed by atoms with E-state index in [0.717, 1.165) is 17.2 Å². The Balaban J connectivity index is 1.67. The predicted molar refractivity (Wildman–Crippen MR) is 111 cm³/mol. The first-order valence-electron chi connectivity index (χ1n) is 8.99. The van der Waals surface area contributed by atoms with Gasteiger partial charge in [-0.1, -0.05) is 12.1 Å². The van der Waals surface area contributed by atoms with Crippen molar-refractivity contribution in [3.05, 3.63) is 72.4 Å². The molecule has 0 bridgehead atoms. The Labute approximate surface area is 164 Å². The van der Waals surface area contributed by atoms with Crippen molar-refractivity contribution >= 4 is 23.1 Å². The molecule has 6 nitrogen and oxygen atoms in total. The zero-order chi connectivity index (χ0) is 19.9. The van der Waals surface area contributed by atoms with E-state index in [4.69, 9.17) is 9.47 Å². The van der Waals surface area contributed by atoms with E-state index in [1.807, 2.05) is 38.1 Å². The third-order valence-electron chi connectivity index (χ3n) is 3.89. The normalized spacial score (nSPS) is 10.4. The van der Waals surface area contributed by atoms with Crippen LogP contribution in [0.3, 0.4) is 0 Å². The Bertz CT molecular complexity index is 923. The number of ether oxygens (including phenoxy) is 2. The summed E-state index contributed by atoms with van der Waals surface area (Å²) < 4.78 is 10.9. The first-order valence-corrected chi connectivity index (χ1v) is 8.99. The molecule has 1 heterocycles. The van der Waals surface area contributed by atoms with Crippen LogP contribution in [0, 0.1) is 0 Å². The van der Waals surface area contributed by atoms with E-state index in [0.29, 0.717) is 17.1 Å². The highest BCUT2D eigenvalue weighted by Crippen LogP contribution is 2.27.